The number of furan rings is 1. The number of carbonyl (C=O) groups excluding carboxylic acids is 2. The van der Waals surface area contributed by atoms with Gasteiger partial charge in [0, 0.05) is 32.3 Å². The number of carbonyl (C=O) groups is 2. The van der Waals surface area contributed by atoms with Crippen molar-refractivity contribution in [1.29, 1.82) is 0 Å². The first-order valence-corrected chi connectivity index (χ1v) is 11.9. The molecular weight excluding hydrogens is 444 g/mol. The maximum Gasteiger partial charge on any atom is 0.331 e. The summed E-state index contributed by atoms with van der Waals surface area (Å²) in [5, 5.41) is 1.82. The smallest absolute Gasteiger partial charge is 0.331 e. The van der Waals surface area contributed by atoms with Gasteiger partial charge in [0.15, 0.2) is 6.61 Å². The molecule has 0 N–H and O–H groups in total. The van der Waals surface area contributed by atoms with Crippen LogP contribution in [-0.4, -0.2) is 62.3 Å². The van der Waals surface area contributed by atoms with Crippen LogP contribution < -0.4 is 0 Å². The molecule has 1 fully saturated rings. The first-order valence-electron chi connectivity index (χ1n) is 10.5. The zero-order valence-corrected chi connectivity index (χ0v) is 19.0. The highest BCUT2D eigenvalue weighted by atomic mass is 32.2. The molecule has 4 rings (SSSR count). The molecule has 0 bridgehead atoms. The molecule has 0 radical (unpaired) electrons. The van der Waals surface area contributed by atoms with Crippen molar-refractivity contribution in [2.75, 3.05) is 32.8 Å². The molecule has 9 heteroatoms. The number of nitrogens with zero attached hydrogens (tertiary/aromatic N) is 2. The van der Waals surface area contributed by atoms with Crippen molar-refractivity contribution < 1.29 is 27.2 Å². The van der Waals surface area contributed by atoms with Crippen molar-refractivity contribution in [1.82, 2.24) is 9.21 Å². The normalized spacial score (nSPS) is 15.2. The number of aryl methyl sites for hydroxylation is 1. The summed E-state index contributed by atoms with van der Waals surface area (Å²) in [5.74, 6) is 0.211. The Morgan fingerprint density at radius 2 is 1.73 bits per heavy atom. The molecule has 0 aliphatic carbocycles. The fourth-order valence-corrected chi connectivity index (χ4v) is 5.08. The quantitative estimate of drug-likeness (QED) is 0.408. The van der Waals surface area contributed by atoms with Crippen LogP contribution >= 0.6 is 0 Å². The number of hydrogen-bond donors (Lipinski definition) is 0. The van der Waals surface area contributed by atoms with Gasteiger partial charge in [0.2, 0.25) is 10.0 Å². The van der Waals surface area contributed by atoms with Gasteiger partial charge in [-0.05, 0) is 48.0 Å². The number of benzene rings is 2. The summed E-state index contributed by atoms with van der Waals surface area (Å²) < 4.78 is 37.8. The van der Waals surface area contributed by atoms with Gasteiger partial charge in [0.05, 0.1) is 4.90 Å². The van der Waals surface area contributed by atoms with Gasteiger partial charge in [0.25, 0.3) is 5.91 Å². The average Bonchev–Trinajstić information content (AvgIpc) is 3.26. The predicted octanol–water partition coefficient (Wildman–Crippen LogP) is 2.83. The second kappa shape index (κ2) is 9.60. The third-order valence-corrected chi connectivity index (χ3v) is 7.33. The largest absolute Gasteiger partial charge is 0.462 e. The number of sulfonamides is 1. The standard InChI is InChI=1S/C24H24N2O6S/c1-18-6-8-21(32-18)9-11-24(28)31-17-23(27)25-12-14-26(15-13-25)33(29,30)22-10-7-19-4-2-3-5-20(19)16-22/h2-11,16H,12-15,17H2,1H3. The van der Waals surface area contributed by atoms with E-state index in [9.17, 15) is 18.0 Å². The number of piperazine rings is 1. The lowest BCUT2D eigenvalue weighted by Gasteiger charge is -2.33. The van der Waals surface area contributed by atoms with Crippen molar-refractivity contribution in [2.45, 2.75) is 11.8 Å². The molecule has 33 heavy (non-hydrogen) atoms. The van der Waals surface area contributed by atoms with Gasteiger partial charge in [-0.3, -0.25) is 4.79 Å². The van der Waals surface area contributed by atoms with E-state index in [1.54, 1.807) is 37.3 Å². The van der Waals surface area contributed by atoms with Crippen molar-refractivity contribution in [3.63, 3.8) is 0 Å². The summed E-state index contributed by atoms with van der Waals surface area (Å²) in [6, 6.07) is 16.1. The third kappa shape index (κ3) is 5.32. The van der Waals surface area contributed by atoms with Crippen LogP contribution in [0, 0.1) is 6.92 Å². The van der Waals surface area contributed by atoms with E-state index >= 15 is 0 Å². The molecule has 1 aliphatic heterocycles. The molecule has 3 aromatic rings. The van der Waals surface area contributed by atoms with E-state index in [-0.39, 0.29) is 37.0 Å². The van der Waals surface area contributed by atoms with E-state index in [0.29, 0.717) is 5.76 Å². The Bertz CT molecular complexity index is 1300. The number of esters is 1. The van der Waals surface area contributed by atoms with Crippen LogP contribution in [-0.2, 0) is 24.3 Å². The maximum atomic E-state index is 13.1. The van der Waals surface area contributed by atoms with Gasteiger partial charge >= 0.3 is 5.97 Å². The first kappa shape index (κ1) is 22.8. The molecule has 1 saturated heterocycles. The Morgan fingerprint density at radius 1 is 1.00 bits per heavy atom. The van der Waals surface area contributed by atoms with Crippen LogP contribution in [0.4, 0.5) is 0 Å². The molecule has 172 valence electrons. The van der Waals surface area contributed by atoms with Crippen molar-refractivity contribution in [2.24, 2.45) is 0 Å². The van der Waals surface area contributed by atoms with Gasteiger partial charge in [-0.15, -0.1) is 0 Å². The Labute approximate surface area is 192 Å². The Balaban J connectivity index is 1.29. The fraction of sp³-hybridized carbons (Fsp3) is 0.250. The molecule has 8 nitrogen and oxygen atoms in total. The van der Waals surface area contributed by atoms with Crippen molar-refractivity contribution in [3.05, 3.63) is 72.2 Å². The molecule has 0 spiro atoms. The lowest BCUT2D eigenvalue weighted by Crippen LogP contribution is -2.51. The maximum absolute atomic E-state index is 13.1. The van der Waals surface area contributed by atoms with Crippen LogP contribution in [0.2, 0.25) is 0 Å². The molecule has 1 aliphatic rings. The number of hydrogen-bond acceptors (Lipinski definition) is 6. The van der Waals surface area contributed by atoms with Crippen LogP contribution in [0.25, 0.3) is 16.8 Å². The predicted molar refractivity (Wildman–Crippen MR) is 123 cm³/mol. The summed E-state index contributed by atoms with van der Waals surface area (Å²) in [6.07, 6.45) is 2.66. The van der Waals surface area contributed by atoms with E-state index < -0.39 is 22.6 Å². The number of rotatable bonds is 6. The van der Waals surface area contributed by atoms with E-state index in [1.807, 2.05) is 24.3 Å². The number of fused-ring (bicyclic) bond motifs is 1. The Hall–Kier alpha value is -3.43. The molecule has 0 atom stereocenters. The van der Waals surface area contributed by atoms with Crippen LogP contribution in [0.1, 0.15) is 11.5 Å². The van der Waals surface area contributed by atoms with Crippen molar-refractivity contribution in [3.8, 4) is 0 Å². The monoisotopic (exact) mass is 468 g/mol. The van der Waals surface area contributed by atoms with E-state index in [1.165, 1.54) is 21.4 Å². The minimum absolute atomic E-state index is 0.173. The second-order valence-electron chi connectivity index (χ2n) is 7.68. The zero-order chi connectivity index (χ0) is 23.4. The Morgan fingerprint density at radius 3 is 2.42 bits per heavy atom. The summed E-state index contributed by atoms with van der Waals surface area (Å²) in [5.41, 5.74) is 0. The lowest BCUT2D eigenvalue weighted by atomic mass is 10.1. The van der Waals surface area contributed by atoms with Gasteiger partial charge in [-0.1, -0.05) is 30.3 Å². The van der Waals surface area contributed by atoms with E-state index in [0.717, 1.165) is 16.5 Å². The highest BCUT2D eigenvalue weighted by molar-refractivity contribution is 7.89. The highest BCUT2D eigenvalue weighted by Crippen LogP contribution is 2.23. The molecule has 2 aromatic carbocycles. The van der Waals surface area contributed by atoms with Crippen LogP contribution in [0.3, 0.4) is 0 Å². The third-order valence-electron chi connectivity index (χ3n) is 5.43. The Kier molecular flexibility index (Phi) is 6.62. The van der Waals surface area contributed by atoms with E-state index in [2.05, 4.69) is 0 Å². The molecule has 1 amide bonds. The SMILES string of the molecule is Cc1ccc(C=CC(=O)OCC(=O)N2CCN(S(=O)(=O)c3ccc4ccccc4c3)CC2)o1. The fourth-order valence-electron chi connectivity index (χ4n) is 3.62. The van der Waals surface area contributed by atoms with Gasteiger partial charge in [-0.25, -0.2) is 13.2 Å². The molecule has 0 unspecified atom stereocenters. The summed E-state index contributed by atoms with van der Waals surface area (Å²) in [6.45, 7) is 2.19. The first-order chi connectivity index (χ1) is 15.8. The molecule has 0 saturated carbocycles. The topological polar surface area (TPSA) is 97.1 Å². The lowest BCUT2D eigenvalue weighted by molar-refractivity contribution is -0.148. The number of amides is 1. The summed E-state index contributed by atoms with van der Waals surface area (Å²) in [7, 11) is -3.67. The van der Waals surface area contributed by atoms with E-state index in [4.69, 9.17) is 9.15 Å². The second-order valence-corrected chi connectivity index (χ2v) is 9.62. The summed E-state index contributed by atoms with van der Waals surface area (Å²) >= 11 is 0. The van der Waals surface area contributed by atoms with Crippen LogP contribution in [0.15, 0.2) is 70.0 Å². The number of ether oxygens (including phenoxy) is 1. The van der Waals surface area contributed by atoms with Gasteiger partial charge in [0.1, 0.15) is 11.5 Å². The van der Waals surface area contributed by atoms with Crippen molar-refractivity contribution >= 4 is 38.7 Å². The molecule has 2 heterocycles. The van der Waals surface area contributed by atoms with Crippen LogP contribution in [0.5, 0.6) is 0 Å². The molecule has 1 aromatic heterocycles. The minimum atomic E-state index is -3.67. The van der Waals surface area contributed by atoms with Gasteiger partial charge in [-0.2, -0.15) is 4.31 Å². The zero-order valence-electron chi connectivity index (χ0n) is 18.1. The average molecular weight is 469 g/mol. The summed E-state index contributed by atoms with van der Waals surface area (Å²) in [4.78, 5) is 26.0. The highest BCUT2D eigenvalue weighted by Gasteiger charge is 2.30. The minimum Gasteiger partial charge on any atom is -0.462 e. The van der Waals surface area contributed by atoms with Gasteiger partial charge < -0.3 is 14.1 Å². The molecular formula is C24H24N2O6S.